The summed E-state index contributed by atoms with van der Waals surface area (Å²) in [7, 11) is 1.44. The molecule has 0 bridgehead atoms. The van der Waals surface area contributed by atoms with Crippen molar-refractivity contribution in [2.24, 2.45) is 4.99 Å². The molecule has 2 aliphatic heterocycles. The number of rotatable bonds is 5. The Kier molecular flexibility index (Phi) is 4.92. The minimum atomic E-state index is -1.89. The average molecular weight is 363 g/mol. The van der Waals surface area contributed by atoms with Gasteiger partial charge in [0.1, 0.15) is 12.9 Å². The van der Waals surface area contributed by atoms with Crippen LogP contribution in [0, 0.1) is 0 Å². The molecule has 1 saturated heterocycles. The molecule has 0 spiro atoms. The zero-order valence-electron chi connectivity index (χ0n) is 11.2. The summed E-state index contributed by atoms with van der Waals surface area (Å²) in [5.41, 5.74) is -1.36. The smallest absolute Gasteiger partial charge is 0.338 e. The number of alkyl halides is 3. The number of aliphatic imine (C=N–C) groups is 1. The highest BCUT2D eigenvalue weighted by Gasteiger charge is 2.63. The lowest BCUT2D eigenvalue weighted by molar-refractivity contribution is -0.153. The number of esters is 1. The largest absolute Gasteiger partial charge is 0.467 e. The first-order valence-electron chi connectivity index (χ1n) is 5.99. The second-order valence-corrected chi connectivity index (χ2v) is 7.10. The number of ether oxygens (including phenoxy) is 4. The summed E-state index contributed by atoms with van der Waals surface area (Å²) in [5.74, 6) is -0.862. The summed E-state index contributed by atoms with van der Waals surface area (Å²) < 4.78 is 18.4. The predicted molar refractivity (Wildman–Crippen MR) is 74.7 cm³/mol. The Balaban J connectivity index is 2.12. The van der Waals surface area contributed by atoms with Gasteiger partial charge in [-0.15, -0.1) is 0 Å². The molecular weight excluding hydrogens is 348 g/mol. The quantitative estimate of drug-likeness (QED) is 0.337. The van der Waals surface area contributed by atoms with Crippen LogP contribution in [0.2, 0.25) is 0 Å². The number of carbonyl (C=O) groups is 1. The summed E-state index contributed by atoms with van der Waals surface area (Å²) in [5, 5.41) is 10.1. The second-order valence-electron chi connectivity index (χ2n) is 4.82. The molecule has 0 amide bonds. The fraction of sp³-hybridized carbons (Fsp3) is 0.818. The van der Waals surface area contributed by atoms with Crippen molar-refractivity contribution in [2.45, 2.75) is 34.6 Å². The van der Waals surface area contributed by atoms with Crippen molar-refractivity contribution in [1.82, 2.24) is 0 Å². The molecule has 0 unspecified atom stereocenters. The Morgan fingerprint density at radius 3 is 2.71 bits per heavy atom. The van der Waals surface area contributed by atoms with Gasteiger partial charge in [0.15, 0.2) is 17.7 Å². The highest BCUT2D eigenvalue weighted by atomic mass is 35.6. The number of aliphatic hydroxyl groups is 1. The Morgan fingerprint density at radius 2 is 2.14 bits per heavy atom. The second kappa shape index (κ2) is 6.06. The van der Waals surface area contributed by atoms with E-state index in [1.807, 2.05) is 0 Å². The number of carbonyl (C=O) groups excluding carboxylic acids is 1. The van der Waals surface area contributed by atoms with Crippen LogP contribution in [-0.4, -0.2) is 65.1 Å². The van der Waals surface area contributed by atoms with Crippen molar-refractivity contribution < 1.29 is 28.8 Å². The first-order chi connectivity index (χ1) is 9.70. The molecule has 0 saturated carbocycles. The minimum absolute atomic E-state index is 0.00355. The lowest BCUT2D eigenvalue weighted by Crippen LogP contribution is -2.45. The number of fused-ring (bicyclic) bond motifs is 1. The SMILES string of the molecule is COCOC[C@H](O)[C@H]1OC(=O)[C@@]2(C)N=C(C(Cl)(Cl)Cl)O[C@@H]12. The van der Waals surface area contributed by atoms with E-state index in [9.17, 15) is 9.90 Å². The maximum Gasteiger partial charge on any atom is 0.338 e. The lowest BCUT2D eigenvalue weighted by atomic mass is 9.93. The average Bonchev–Trinajstić information content (AvgIpc) is 2.84. The molecule has 0 aliphatic carbocycles. The van der Waals surface area contributed by atoms with E-state index in [4.69, 9.17) is 53.8 Å². The Labute approximate surface area is 136 Å². The number of hydrogen-bond donors (Lipinski definition) is 1. The van der Waals surface area contributed by atoms with E-state index in [2.05, 4.69) is 4.99 Å². The van der Waals surface area contributed by atoms with Crippen LogP contribution >= 0.6 is 34.8 Å². The van der Waals surface area contributed by atoms with Crippen molar-refractivity contribution >= 4 is 46.7 Å². The van der Waals surface area contributed by atoms with Crippen LogP contribution in [0.3, 0.4) is 0 Å². The van der Waals surface area contributed by atoms with Gasteiger partial charge in [0.25, 0.3) is 3.79 Å². The Morgan fingerprint density at radius 1 is 1.48 bits per heavy atom. The van der Waals surface area contributed by atoms with Gasteiger partial charge in [0.2, 0.25) is 5.90 Å². The summed E-state index contributed by atoms with van der Waals surface area (Å²) in [6, 6.07) is 0. The molecule has 7 nitrogen and oxygen atoms in total. The van der Waals surface area contributed by atoms with E-state index in [1.54, 1.807) is 0 Å². The van der Waals surface area contributed by atoms with E-state index in [0.29, 0.717) is 0 Å². The normalized spacial score (nSPS) is 33.2. The maximum atomic E-state index is 12.0. The summed E-state index contributed by atoms with van der Waals surface area (Å²) >= 11 is 17.1. The molecule has 0 radical (unpaired) electrons. The maximum absolute atomic E-state index is 12.0. The fourth-order valence-corrected chi connectivity index (χ4v) is 2.41. The number of halogens is 3. The van der Waals surface area contributed by atoms with Gasteiger partial charge in [-0.1, -0.05) is 34.8 Å². The first kappa shape index (κ1) is 17.1. The van der Waals surface area contributed by atoms with E-state index in [0.717, 1.165) is 0 Å². The number of aliphatic hydroxyl groups excluding tert-OH is 1. The monoisotopic (exact) mass is 361 g/mol. The Bertz CT molecular complexity index is 454. The molecule has 21 heavy (non-hydrogen) atoms. The highest BCUT2D eigenvalue weighted by Crippen LogP contribution is 2.43. The van der Waals surface area contributed by atoms with Crippen LogP contribution < -0.4 is 0 Å². The molecule has 0 aromatic heterocycles. The van der Waals surface area contributed by atoms with Gasteiger partial charge in [-0.3, -0.25) is 0 Å². The summed E-state index contributed by atoms with van der Waals surface area (Å²) in [6.07, 6.45) is -2.99. The zero-order valence-corrected chi connectivity index (χ0v) is 13.5. The van der Waals surface area contributed by atoms with Gasteiger partial charge < -0.3 is 24.1 Å². The number of methoxy groups -OCH3 is 1. The highest BCUT2D eigenvalue weighted by molar-refractivity contribution is 6.76. The van der Waals surface area contributed by atoms with Crippen LogP contribution in [0.25, 0.3) is 0 Å². The summed E-state index contributed by atoms with van der Waals surface area (Å²) in [4.78, 5) is 16.0. The third-order valence-electron chi connectivity index (χ3n) is 3.19. The topological polar surface area (TPSA) is 86.6 Å². The van der Waals surface area contributed by atoms with E-state index in [1.165, 1.54) is 14.0 Å². The molecule has 4 atom stereocenters. The Hall–Kier alpha value is -0.310. The number of cyclic esters (lactones) is 1. The van der Waals surface area contributed by atoms with Gasteiger partial charge in [0.05, 0.1) is 6.61 Å². The van der Waals surface area contributed by atoms with Crippen molar-refractivity contribution in [3.8, 4) is 0 Å². The van der Waals surface area contributed by atoms with Gasteiger partial charge >= 0.3 is 5.97 Å². The molecule has 1 fully saturated rings. The van der Waals surface area contributed by atoms with Gasteiger partial charge in [0, 0.05) is 7.11 Å². The third kappa shape index (κ3) is 3.23. The molecule has 10 heteroatoms. The zero-order chi connectivity index (χ0) is 15.8. The molecule has 0 aromatic rings. The molecule has 0 aromatic carbocycles. The summed E-state index contributed by atoms with van der Waals surface area (Å²) in [6.45, 7) is 1.38. The van der Waals surface area contributed by atoms with Gasteiger partial charge in [-0.2, -0.15) is 0 Å². The van der Waals surface area contributed by atoms with Crippen LogP contribution in [0.5, 0.6) is 0 Å². The molecular formula is C11H14Cl3NO6. The minimum Gasteiger partial charge on any atom is -0.467 e. The lowest BCUT2D eigenvalue weighted by Gasteiger charge is -2.23. The van der Waals surface area contributed by atoms with Crippen molar-refractivity contribution in [2.75, 3.05) is 20.5 Å². The van der Waals surface area contributed by atoms with Crippen molar-refractivity contribution in [3.63, 3.8) is 0 Å². The van der Waals surface area contributed by atoms with Crippen LogP contribution in [0.1, 0.15) is 6.92 Å². The van der Waals surface area contributed by atoms with E-state index >= 15 is 0 Å². The standard InChI is InChI=1S/C11H14Cl3NO6/c1-10-7(21-8(15-10)11(12,13)14)6(20-9(10)17)5(16)3-19-4-18-2/h5-7,16H,3-4H2,1-2H3/t5-,6+,7-,10-/m0/s1. The van der Waals surface area contributed by atoms with Crippen molar-refractivity contribution in [1.29, 1.82) is 0 Å². The van der Waals surface area contributed by atoms with Gasteiger partial charge in [-0.25, -0.2) is 9.79 Å². The number of hydrogen-bond acceptors (Lipinski definition) is 7. The molecule has 120 valence electrons. The molecule has 2 aliphatic rings. The molecule has 2 heterocycles. The predicted octanol–water partition coefficient (Wildman–Crippen LogP) is 0.819. The van der Waals surface area contributed by atoms with Gasteiger partial charge in [-0.05, 0) is 6.92 Å². The third-order valence-corrected chi connectivity index (χ3v) is 3.68. The number of nitrogens with zero attached hydrogens (tertiary/aromatic N) is 1. The first-order valence-corrected chi connectivity index (χ1v) is 7.13. The van der Waals surface area contributed by atoms with Crippen LogP contribution in [0.15, 0.2) is 4.99 Å². The van der Waals surface area contributed by atoms with E-state index in [-0.39, 0.29) is 19.3 Å². The van der Waals surface area contributed by atoms with E-state index < -0.39 is 33.6 Å². The fourth-order valence-electron chi connectivity index (χ4n) is 2.15. The molecule has 2 rings (SSSR count). The van der Waals surface area contributed by atoms with Crippen molar-refractivity contribution in [3.05, 3.63) is 0 Å². The van der Waals surface area contributed by atoms with Crippen LogP contribution in [-0.2, 0) is 23.7 Å². The molecule has 1 N–H and O–H groups in total. The van der Waals surface area contributed by atoms with Crippen LogP contribution in [0.4, 0.5) is 0 Å².